The van der Waals surface area contributed by atoms with Gasteiger partial charge in [-0.15, -0.1) is 0 Å². The Morgan fingerprint density at radius 3 is 2.88 bits per heavy atom. The highest BCUT2D eigenvalue weighted by Crippen LogP contribution is 2.41. The number of fused-ring (bicyclic) bond motifs is 3. The Morgan fingerprint density at radius 1 is 1.25 bits per heavy atom. The second kappa shape index (κ2) is 5.43. The Labute approximate surface area is 138 Å². The lowest BCUT2D eigenvalue weighted by Gasteiger charge is -2.26. The number of rotatable bonds is 3. The average molecular weight is 324 g/mol. The van der Waals surface area contributed by atoms with Crippen LogP contribution in [0.3, 0.4) is 0 Å². The Morgan fingerprint density at radius 2 is 2.08 bits per heavy atom. The Balaban J connectivity index is 1.60. The minimum absolute atomic E-state index is 0.186. The molecule has 1 saturated carbocycles. The molecule has 0 spiro atoms. The molecule has 0 amide bonds. The predicted octanol–water partition coefficient (Wildman–Crippen LogP) is 1.95. The van der Waals surface area contributed by atoms with E-state index in [1.54, 1.807) is 0 Å². The number of benzene rings is 1. The highest BCUT2D eigenvalue weighted by molar-refractivity contribution is 6.02. The van der Waals surface area contributed by atoms with Gasteiger partial charge in [0.25, 0.3) is 5.56 Å². The van der Waals surface area contributed by atoms with Crippen LogP contribution in [0.1, 0.15) is 30.1 Å². The molecule has 6 heteroatoms. The van der Waals surface area contributed by atoms with Gasteiger partial charge in [0, 0.05) is 31.6 Å². The molecule has 2 aliphatic rings. The first-order valence-electron chi connectivity index (χ1n) is 8.66. The fourth-order valence-corrected chi connectivity index (χ4v) is 3.54. The van der Waals surface area contributed by atoms with E-state index >= 15 is 0 Å². The topological polar surface area (TPSA) is 74.2 Å². The maximum Gasteiger partial charge on any atom is 0.294 e. The standard InChI is InChI=1S/C18H20N4O2/c23-18-17-16(20-15(21-18)10-22-7-5-19-6-8-22)13-9-12(11-1-2-11)3-4-14(13)24-17/h3-4,9,11,19H,1-2,5-8,10H2,(H,20,21,23). The van der Waals surface area contributed by atoms with Crippen LogP contribution in [-0.2, 0) is 6.54 Å². The van der Waals surface area contributed by atoms with Gasteiger partial charge in [0.15, 0.2) is 0 Å². The van der Waals surface area contributed by atoms with Crippen LogP contribution in [-0.4, -0.2) is 41.0 Å². The predicted molar refractivity (Wildman–Crippen MR) is 92.3 cm³/mol. The van der Waals surface area contributed by atoms with Gasteiger partial charge in [0.2, 0.25) is 5.58 Å². The summed E-state index contributed by atoms with van der Waals surface area (Å²) >= 11 is 0. The van der Waals surface area contributed by atoms with Crippen molar-refractivity contribution < 1.29 is 4.42 Å². The first-order chi connectivity index (χ1) is 11.8. The molecule has 0 atom stereocenters. The van der Waals surface area contributed by atoms with Crippen LogP contribution >= 0.6 is 0 Å². The van der Waals surface area contributed by atoms with E-state index in [0.717, 1.165) is 37.1 Å². The zero-order valence-electron chi connectivity index (χ0n) is 13.5. The van der Waals surface area contributed by atoms with Crippen LogP contribution in [0.15, 0.2) is 27.4 Å². The average Bonchev–Trinajstić information content (AvgIpc) is 3.38. The van der Waals surface area contributed by atoms with Gasteiger partial charge in [0.05, 0.1) is 6.54 Å². The molecule has 0 bridgehead atoms. The van der Waals surface area contributed by atoms with Crippen molar-refractivity contribution in [2.24, 2.45) is 0 Å². The molecule has 0 unspecified atom stereocenters. The molecule has 5 rings (SSSR count). The summed E-state index contributed by atoms with van der Waals surface area (Å²) in [6.45, 7) is 4.57. The van der Waals surface area contributed by atoms with Crippen molar-refractivity contribution in [3.8, 4) is 0 Å². The third-order valence-electron chi connectivity index (χ3n) is 5.03. The second-order valence-electron chi connectivity index (χ2n) is 6.85. The largest absolute Gasteiger partial charge is 0.449 e. The van der Waals surface area contributed by atoms with Gasteiger partial charge in [-0.25, -0.2) is 4.98 Å². The summed E-state index contributed by atoms with van der Waals surface area (Å²) in [7, 11) is 0. The Bertz CT molecular complexity index is 964. The lowest BCUT2D eigenvalue weighted by atomic mass is 10.1. The quantitative estimate of drug-likeness (QED) is 0.770. The minimum Gasteiger partial charge on any atom is -0.449 e. The van der Waals surface area contributed by atoms with Crippen LogP contribution in [0.4, 0.5) is 0 Å². The molecule has 1 saturated heterocycles. The second-order valence-corrected chi connectivity index (χ2v) is 6.85. The summed E-state index contributed by atoms with van der Waals surface area (Å²) in [5.74, 6) is 1.38. The molecule has 1 aliphatic heterocycles. The van der Waals surface area contributed by atoms with E-state index in [1.807, 2.05) is 6.07 Å². The number of nitrogens with zero attached hydrogens (tertiary/aromatic N) is 2. The first kappa shape index (κ1) is 14.2. The summed E-state index contributed by atoms with van der Waals surface area (Å²) in [6.07, 6.45) is 2.51. The summed E-state index contributed by atoms with van der Waals surface area (Å²) < 4.78 is 5.75. The third-order valence-corrected chi connectivity index (χ3v) is 5.03. The highest BCUT2D eigenvalue weighted by Gasteiger charge is 2.24. The number of H-pyrrole nitrogens is 1. The van der Waals surface area contributed by atoms with Crippen LogP contribution in [0, 0.1) is 0 Å². The SMILES string of the molecule is O=c1[nH]c(CN2CCNCC2)nc2c1oc1ccc(C3CC3)cc12. The molecule has 1 aromatic carbocycles. The molecule has 2 fully saturated rings. The van der Waals surface area contributed by atoms with Gasteiger partial charge in [-0.3, -0.25) is 9.69 Å². The molecule has 6 nitrogen and oxygen atoms in total. The van der Waals surface area contributed by atoms with E-state index in [-0.39, 0.29) is 5.56 Å². The Kier molecular flexibility index (Phi) is 3.21. The third kappa shape index (κ3) is 2.42. The Hall–Kier alpha value is -2.18. The molecular weight excluding hydrogens is 304 g/mol. The van der Waals surface area contributed by atoms with Crippen LogP contribution in [0.25, 0.3) is 22.1 Å². The van der Waals surface area contributed by atoms with E-state index in [4.69, 9.17) is 9.40 Å². The van der Waals surface area contributed by atoms with Gasteiger partial charge in [-0.05, 0) is 36.5 Å². The van der Waals surface area contributed by atoms with Crippen molar-refractivity contribution in [1.82, 2.24) is 20.2 Å². The number of piperazine rings is 1. The smallest absolute Gasteiger partial charge is 0.294 e. The minimum atomic E-state index is -0.186. The van der Waals surface area contributed by atoms with E-state index in [1.165, 1.54) is 18.4 Å². The molecule has 3 aromatic rings. The molecule has 3 heterocycles. The van der Waals surface area contributed by atoms with E-state index < -0.39 is 0 Å². The van der Waals surface area contributed by atoms with Crippen LogP contribution < -0.4 is 10.9 Å². The first-order valence-corrected chi connectivity index (χ1v) is 8.66. The number of furan rings is 1. The van der Waals surface area contributed by atoms with Crippen LogP contribution in [0.2, 0.25) is 0 Å². The summed E-state index contributed by atoms with van der Waals surface area (Å²) in [6, 6.07) is 6.23. The summed E-state index contributed by atoms with van der Waals surface area (Å²) in [5, 5.41) is 4.30. The highest BCUT2D eigenvalue weighted by atomic mass is 16.3. The van der Waals surface area contributed by atoms with Gasteiger partial charge in [-0.2, -0.15) is 0 Å². The van der Waals surface area contributed by atoms with E-state index in [0.29, 0.717) is 29.4 Å². The zero-order chi connectivity index (χ0) is 16.1. The lowest BCUT2D eigenvalue weighted by molar-refractivity contribution is 0.228. The van der Waals surface area contributed by atoms with E-state index in [9.17, 15) is 4.79 Å². The number of hydrogen-bond donors (Lipinski definition) is 2. The monoisotopic (exact) mass is 324 g/mol. The molecule has 1 aliphatic carbocycles. The number of aromatic nitrogens is 2. The number of hydrogen-bond acceptors (Lipinski definition) is 5. The van der Waals surface area contributed by atoms with Gasteiger partial charge in [-0.1, -0.05) is 6.07 Å². The fourth-order valence-electron chi connectivity index (χ4n) is 3.54. The molecule has 2 aromatic heterocycles. The van der Waals surface area contributed by atoms with Crippen LogP contribution in [0.5, 0.6) is 0 Å². The van der Waals surface area contributed by atoms with Gasteiger partial charge < -0.3 is 14.7 Å². The fraction of sp³-hybridized carbons (Fsp3) is 0.444. The normalized spacial score (nSPS) is 19.3. The zero-order valence-corrected chi connectivity index (χ0v) is 13.5. The summed E-state index contributed by atoms with van der Waals surface area (Å²) in [4.78, 5) is 22.3. The molecule has 0 radical (unpaired) electrons. The maximum absolute atomic E-state index is 12.4. The molecule has 24 heavy (non-hydrogen) atoms. The van der Waals surface area contributed by atoms with Crippen molar-refractivity contribution in [1.29, 1.82) is 0 Å². The van der Waals surface area contributed by atoms with Crippen molar-refractivity contribution in [3.05, 3.63) is 39.9 Å². The molecule has 124 valence electrons. The van der Waals surface area contributed by atoms with Gasteiger partial charge in [0.1, 0.15) is 16.9 Å². The van der Waals surface area contributed by atoms with Crippen molar-refractivity contribution in [2.45, 2.75) is 25.3 Å². The van der Waals surface area contributed by atoms with Gasteiger partial charge >= 0.3 is 0 Å². The molecular formula is C18H20N4O2. The van der Waals surface area contributed by atoms with Crippen molar-refractivity contribution in [2.75, 3.05) is 26.2 Å². The van der Waals surface area contributed by atoms with E-state index in [2.05, 4.69) is 27.3 Å². The lowest BCUT2D eigenvalue weighted by Crippen LogP contribution is -2.43. The molecule has 2 N–H and O–H groups in total. The van der Waals surface area contributed by atoms with Crippen molar-refractivity contribution >= 4 is 22.1 Å². The number of aromatic amines is 1. The summed E-state index contributed by atoms with van der Waals surface area (Å²) in [5.41, 5.74) is 2.92. The number of nitrogens with one attached hydrogen (secondary N) is 2. The maximum atomic E-state index is 12.4. The van der Waals surface area contributed by atoms with Crippen molar-refractivity contribution in [3.63, 3.8) is 0 Å².